The number of methoxy groups -OCH3 is 1. The van der Waals surface area contributed by atoms with Crippen molar-refractivity contribution in [3.05, 3.63) is 17.6 Å². The van der Waals surface area contributed by atoms with Crippen LogP contribution in [0.3, 0.4) is 0 Å². The fourth-order valence-corrected chi connectivity index (χ4v) is 2.11. The molecule has 0 radical (unpaired) electrons. The highest BCUT2D eigenvalue weighted by Crippen LogP contribution is 2.13. The third kappa shape index (κ3) is 5.46. The summed E-state index contributed by atoms with van der Waals surface area (Å²) in [5.74, 6) is 1.98. The van der Waals surface area contributed by atoms with Crippen molar-refractivity contribution in [1.82, 2.24) is 9.97 Å². The second-order valence-electron chi connectivity index (χ2n) is 4.15. The number of nitrogens with zero attached hydrogens (tertiary/aromatic N) is 2. The van der Waals surface area contributed by atoms with Crippen molar-refractivity contribution >= 4 is 23.5 Å². The number of carbonyl (C=O) groups is 1. The molecule has 6 heteroatoms. The summed E-state index contributed by atoms with van der Waals surface area (Å²) in [4.78, 5) is 19.8. The molecule has 0 spiro atoms. The summed E-state index contributed by atoms with van der Waals surface area (Å²) >= 11 is 1.87. The molecule has 0 saturated heterocycles. The number of hydrogen-bond donors (Lipinski definition) is 1. The van der Waals surface area contributed by atoms with Crippen LogP contribution in [-0.4, -0.2) is 41.6 Å². The smallest absolute Gasteiger partial charge is 0.343 e. The molecule has 0 atom stereocenters. The van der Waals surface area contributed by atoms with Crippen LogP contribution >= 0.6 is 11.8 Å². The Balaban J connectivity index is 2.51. The zero-order valence-electron chi connectivity index (χ0n) is 11.7. The number of unbranched alkanes of at least 4 members (excludes halogenated alkanes) is 2. The van der Waals surface area contributed by atoms with Crippen LogP contribution in [0.5, 0.6) is 0 Å². The molecule has 0 bridgehead atoms. The predicted octanol–water partition coefficient (Wildman–Crippen LogP) is 2.52. The van der Waals surface area contributed by atoms with Gasteiger partial charge in [0.25, 0.3) is 0 Å². The van der Waals surface area contributed by atoms with Crippen molar-refractivity contribution in [3.63, 3.8) is 0 Å². The van der Waals surface area contributed by atoms with Crippen LogP contribution in [-0.2, 0) is 4.74 Å². The Bertz CT molecular complexity index is 413. The molecule has 1 heterocycles. The number of hydrogen-bond acceptors (Lipinski definition) is 6. The Morgan fingerprint density at radius 3 is 2.89 bits per heavy atom. The van der Waals surface area contributed by atoms with Gasteiger partial charge in [0.05, 0.1) is 7.11 Å². The van der Waals surface area contributed by atoms with E-state index in [0.29, 0.717) is 17.2 Å². The first-order chi connectivity index (χ1) is 9.19. The molecule has 0 amide bonds. The van der Waals surface area contributed by atoms with Crippen LogP contribution < -0.4 is 5.32 Å². The molecule has 0 aliphatic carbocycles. The second kappa shape index (κ2) is 8.74. The molecule has 1 aromatic rings. The minimum Gasteiger partial charge on any atom is -0.465 e. The number of thioether (sulfide) groups is 1. The van der Waals surface area contributed by atoms with Crippen molar-refractivity contribution in [2.75, 3.05) is 31.0 Å². The van der Waals surface area contributed by atoms with Crippen LogP contribution in [0.2, 0.25) is 0 Å². The van der Waals surface area contributed by atoms with Gasteiger partial charge in [-0.1, -0.05) is 6.42 Å². The monoisotopic (exact) mass is 283 g/mol. The highest BCUT2D eigenvalue weighted by Gasteiger charge is 2.13. The van der Waals surface area contributed by atoms with E-state index >= 15 is 0 Å². The molecular weight excluding hydrogens is 262 g/mol. The van der Waals surface area contributed by atoms with E-state index in [4.69, 9.17) is 4.74 Å². The number of aryl methyl sites for hydroxylation is 1. The molecule has 0 aliphatic rings. The summed E-state index contributed by atoms with van der Waals surface area (Å²) in [5.41, 5.74) is 0.386. The van der Waals surface area contributed by atoms with Gasteiger partial charge in [0.1, 0.15) is 17.2 Å². The summed E-state index contributed by atoms with van der Waals surface area (Å²) in [5, 5.41) is 3.19. The summed E-state index contributed by atoms with van der Waals surface area (Å²) in [6, 6.07) is 0. The largest absolute Gasteiger partial charge is 0.465 e. The lowest BCUT2D eigenvalue weighted by atomic mass is 10.2. The first-order valence-electron chi connectivity index (χ1n) is 6.33. The molecule has 1 N–H and O–H groups in total. The number of nitrogens with one attached hydrogen (secondary N) is 1. The van der Waals surface area contributed by atoms with Gasteiger partial charge in [0, 0.05) is 12.7 Å². The zero-order chi connectivity index (χ0) is 14.1. The van der Waals surface area contributed by atoms with Gasteiger partial charge in [0.2, 0.25) is 0 Å². The Morgan fingerprint density at radius 2 is 2.21 bits per heavy atom. The summed E-state index contributed by atoms with van der Waals surface area (Å²) in [6.45, 7) is 2.60. The third-order valence-corrected chi connectivity index (χ3v) is 3.33. The highest BCUT2D eigenvalue weighted by atomic mass is 32.2. The Kier molecular flexibility index (Phi) is 7.25. The van der Waals surface area contributed by atoms with Crippen molar-refractivity contribution in [2.24, 2.45) is 0 Å². The average Bonchev–Trinajstić information content (AvgIpc) is 2.42. The zero-order valence-corrected chi connectivity index (χ0v) is 12.5. The molecule has 0 fully saturated rings. The molecule has 1 rings (SSSR count). The van der Waals surface area contributed by atoms with Gasteiger partial charge in [-0.15, -0.1) is 0 Å². The van der Waals surface area contributed by atoms with Crippen LogP contribution in [0.1, 0.15) is 35.4 Å². The molecule has 106 valence electrons. The van der Waals surface area contributed by atoms with Crippen molar-refractivity contribution in [2.45, 2.75) is 26.2 Å². The van der Waals surface area contributed by atoms with Gasteiger partial charge in [0.15, 0.2) is 0 Å². The van der Waals surface area contributed by atoms with E-state index in [-0.39, 0.29) is 0 Å². The highest BCUT2D eigenvalue weighted by molar-refractivity contribution is 7.98. The third-order valence-electron chi connectivity index (χ3n) is 2.63. The molecule has 0 saturated carbocycles. The Hall–Kier alpha value is -1.30. The SMILES string of the molecule is COC(=O)c1cnc(C)nc1NCCCCCSC. The molecule has 0 unspecified atom stereocenters. The number of ether oxygens (including phenoxy) is 1. The Labute approximate surface area is 118 Å². The maximum atomic E-state index is 11.6. The van der Waals surface area contributed by atoms with Crippen molar-refractivity contribution < 1.29 is 9.53 Å². The quantitative estimate of drug-likeness (QED) is 0.584. The van der Waals surface area contributed by atoms with E-state index in [1.165, 1.54) is 31.9 Å². The van der Waals surface area contributed by atoms with Crippen LogP contribution in [0.15, 0.2) is 6.20 Å². The molecular formula is C13H21N3O2S. The lowest BCUT2D eigenvalue weighted by Crippen LogP contribution is -2.12. The number of esters is 1. The molecule has 0 aromatic carbocycles. The van der Waals surface area contributed by atoms with Gasteiger partial charge in [-0.05, 0) is 31.8 Å². The second-order valence-corrected chi connectivity index (χ2v) is 5.14. The van der Waals surface area contributed by atoms with E-state index in [9.17, 15) is 4.79 Å². The molecule has 0 aliphatic heterocycles. The maximum absolute atomic E-state index is 11.6. The predicted molar refractivity (Wildman–Crippen MR) is 78.8 cm³/mol. The first-order valence-corrected chi connectivity index (χ1v) is 7.73. The number of anilines is 1. The minimum absolute atomic E-state index is 0.386. The summed E-state index contributed by atoms with van der Waals surface area (Å²) in [6.07, 6.45) is 7.07. The van der Waals surface area contributed by atoms with Crippen LogP contribution in [0.25, 0.3) is 0 Å². The van der Waals surface area contributed by atoms with Crippen molar-refractivity contribution in [3.8, 4) is 0 Å². The lowest BCUT2D eigenvalue weighted by molar-refractivity contribution is 0.0601. The summed E-state index contributed by atoms with van der Waals surface area (Å²) < 4.78 is 4.71. The average molecular weight is 283 g/mol. The van der Waals surface area contributed by atoms with Gasteiger partial charge in [-0.2, -0.15) is 11.8 Å². The number of carbonyl (C=O) groups excluding carboxylic acids is 1. The lowest BCUT2D eigenvalue weighted by Gasteiger charge is -2.09. The minimum atomic E-state index is -0.412. The topological polar surface area (TPSA) is 64.1 Å². The summed E-state index contributed by atoms with van der Waals surface area (Å²) in [7, 11) is 1.36. The van der Waals surface area contributed by atoms with E-state index in [2.05, 4.69) is 21.5 Å². The molecule has 1 aromatic heterocycles. The number of rotatable bonds is 8. The maximum Gasteiger partial charge on any atom is 0.343 e. The van der Waals surface area contributed by atoms with Crippen LogP contribution in [0, 0.1) is 6.92 Å². The standard InChI is InChI=1S/C13H21N3O2S/c1-10-15-9-11(13(17)18-2)12(16-10)14-7-5-4-6-8-19-3/h9H,4-8H2,1-3H3,(H,14,15,16). The van der Waals surface area contributed by atoms with Gasteiger partial charge in [-0.3, -0.25) is 0 Å². The fourth-order valence-electron chi connectivity index (χ4n) is 1.62. The van der Waals surface area contributed by atoms with Gasteiger partial charge >= 0.3 is 5.97 Å². The van der Waals surface area contributed by atoms with E-state index in [1.807, 2.05) is 11.8 Å². The van der Waals surface area contributed by atoms with Crippen molar-refractivity contribution in [1.29, 1.82) is 0 Å². The van der Waals surface area contributed by atoms with E-state index in [0.717, 1.165) is 13.0 Å². The van der Waals surface area contributed by atoms with Gasteiger partial charge in [-0.25, -0.2) is 14.8 Å². The van der Waals surface area contributed by atoms with Crippen LogP contribution in [0.4, 0.5) is 5.82 Å². The molecule has 19 heavy (non-hydrogen) atoms. The number of aromatic nitrogens is 2. The molecule has 5 nitrogen and oxygen atoms in total. The van der Waals surface area contributed by atoms with Gasteiger partial charge < -0.3 is 10.1 Å². The Morgan fingerprint density at radius 1 is 1.42 bits per heavy atom. The van der Waals surface area contributed by atoms with E-state index in [1.54, 1.807) is 6.92 Å². The first kappa shape index (κ1) is 15.8. The fraction of sp³-hybridized carbons (Fsp3) is 0.615. The normalized spacial score (nSPS) is 10.3. The van der Waals surface area contributed by atoms with E-state index < -0.39 is 5.97 Å².